The molecule has 56 heavy (non-hydrogen) atoms. The number of rotatable bonds is 48. The van der Waals surface area contributed by atoms with Crippen molar-refractivity contribution in [2.75, 3.05) is 0 Å². The fourth-order valence-corrected chi connectivity index (χ4v) is 8.29. The highest BCUT2D eigenvalue weighted by Gasteiger charge is 2.09. The molecule has 0 rings (SSSR count). The molecule has 0 saturated carbocycles. The first-order valence-corrected chi connectivity index (χ1v) is 26.1. The highest BCUT2D eigenvalue weighted by Crippen LogP contribution is 2.18. The van der Waals surface area contributed by atoms with E-state index >= 15 is 0 Å². The normalized spacial score (nSPS) is 11.4. The summed E-state index contributed by atoms with van der Waals surface area (Å²) in [5.74, 6) is -0.822. The van der Waals surface area contributed by atoms with Crippen molar-refractivity contribution < 1.29 is 19.4 Å². The fourth-order valence-electron chi connectivity index (χ4n) is 8.29. The molecule has 0 fully saturated rings. The Morgan fingerprint density at radius 2 is 0.339 bits per heavy atom. The van der Waals surface area contributed by atoms with Crippen molar-refractivity contribution in [1.29, 1.82) is 0 Å². The van der Waals surface area contributed by atoms with Crippen LogP contribution in [0.5, 0.6) is 0 Å². The van der Waals surface area contributed by atoms with Crippen LogP contribution in [0, 0.1) is 0 Å². The van der Waals surface area contributed by atoms with E-state index in [0.29, 0.717) is 12.8 Å². The van der Waals surface area contributed by atoms with Gasteiger partial charge in [-0.1, -0.05) is 296 Å². The molecule has 0 amide bonds. The summed E-state index contributed by atoms with van der Waals surface area (Å²) >= 11 is 0. The molecule has 0 atom stereocenters. The van der Waals surface area contributed by atoms with E-state index in [9.17, 15) is 9.59 Å². The van der Waals surface area contributed by atoms with E-state index < -0.39 is 11.9 Å². The maximum Gasteiger partial charge on any atom is 0.355 e. The molecule has 0 bridgehead atoms. The van der Waals surface area contributed by atoms with Gasteiger partial charge in [0.15, 0.2) is 0 Å². The monoisotopic (exact) mass is 791 g/mol. The first-order chi connectivity index (χ1) is 27.7. The summed E-state index contributed by atoms with van der Waals surface area (Å²) in [7, 11) is 0. The molecular weight excluding hydrogens is 689 g/mol. The van der Waals surface area contributed by atoms with Crippen LogP contribution in [0.1, 0.15) is 322 Å². The predicted octanol–water partition coefficient (Wildman–Crippen LogP) is 18.8. The van der Waals surface area contributed by atoms with Crippen molar-refractivity contribution >= 4 is 11.9 Å². The van der Waals surface area contributed by atoms with Gasteiger partial charge in [-0.2, -0.15) is 0 Å². The number of carbonyl (C=O) groups excluding carboxylic acids is 2. The number of unbranched alkanes of at least 4 members (excludes halogenated alkanes) is 44. The third-order valence-corrected chi connectivity index (χ3v) is 12.2. The molecule has 0 aliphatic carbocycles. The fraction of sp³-hybridized carbons (Fsp3) is 0.962. The second kappa shape index (κ2) is 50.1. The molecule has 0 aromatic heterocycles. The molecule has 0 aliphatic rings. The zero-order chi connectivity index (χ0) is 40.5. The second-order valence-corrected chi connectivity index (χ2v) is 18.0. The lowest BCUT2D eigenvalue weighted by atomic mass is 10.0. The van der Waals surface area contributed by atoms with Gasteiger partial charge in [0.1, 0.15) is 0 Å². The molecule has 0 aromatic rings. The Morgan fingerprint density at radius 3 is 0.482 bits per heavy atom. The van der Waals surface area contributed by atoms with Crippen LogP contribution in [-0.2, 0) is 19.4 Å². The maximum absolute atomic E-state index is 11.9. The lowest BCUT2D eigenvalue weighted by Crippen LogP contribution is -2.11. The Hall–Kier alpha value is -1.06. The Morgan fingerprint density at radius 1 is 0.214 bits per heavy atom. The quantitative estimate of drug-likeness (QED) is 0.0350. The lowest BCUT2D eigenvalue weighted by Gasteiger charge is -2.05. The van der Waals surface area contributed by atoms with Crippen molar-refractivity contribution in [3.8, 4) is 0 Å². The van der Waals surface area contributed by atoms with Crippen LogP contribution in [0.2, 0.25) is 0 Å². The molecule has 0 spiro atoms. The highest BCUT2D eigenvalue weighted by atomic mass is 17.2. The summed E-state index contributed by atoms with van der Waals surface area (Å²) in [5, 5.41) is 0. The zero-order valence-electron chi connectivity index (χ0n) is 38.6. The highest BCUT2D eigenvalue weighted by molar-refractivity contribution is 5.72. The van der Waals surface area contributed by atoms with Crippen molar-refractivity contribution in [3.63, 3.8) is 0 Å². The van der Waals surface area contributed by atoms with Crippen molar-refractivity contribution in [1.82, 2.24) is 0 Å². The van der Waals surface area contributed by atoms with E-state index in [1.54, 1.807) is 0 Å². The van der Waals surface area contributed by atoms with Gasteiger partial charge in [0.05, 0.1) is 12.8 Å². The average Bonchev–Trinajstić information content (AvgIpc) is 3.20. The largest absolute Gasteiger partial charge is 0.355 e. The molecule has 4 nitrogen and oxygen atoms in total. The van der Waals surface area contributed by atoms with Gasteiger partial charge in [0.2, 0.25) is 0 Å². The van der Waals surface area contributed by atoms with E-state index in [1.165, 1.54) is 270 Å². The van der Waals surface area contributed by atoms with Crippen LogP contribution in [0.4, 0.5) is 0 Å². The Balaban J connectivity index is 3.23. The maximum atomic E-state index is 11.9. The molecule has 0 radical (unpaired) electrons. The van der Waals surface area contributed by atoms with E-state index in [-0.39, 0.29) is 0 Å². The average molecular weight is 791 g/mol. The predicted molar refractivity (Wildman–Crippen MR) is 245 cm³/mol. The van der Waals surface area contributed by atoms with Crippen molar-refractivity contribution in [2.24, 2.45) is 0 Å². The number of hydrogen-bond donors (Lipinski definition) is 0. The minimum Gasteiger partial charge on any atom is -0.247 e. The summed E-state index contributed by atoms with van der Waals surface area (Å²) in [6.45, 7) is 4.59. The Kier molecular flexibility index (Phi) is 49.1. The number of hydrogen-bond acceptors (Lipinski definition) is 4. The zero-order valence-corrected chi connectivity index (χ0v) is 38.6. The van der Waals surface area contributed by atoms with Crippen molar-refractivity contribution in [3.05, 3.63) is 0 Å². The molecule has 0 saturated heterocycles. The van der Waals surface area contributed by atoms with Crippen LogP contribution >= 0.6 is 0 Å². The Labute approximate surface area is 352 Å². The van der Waals surface area contributed by atoms with E-state index in [2.05, 4.69) is 13.8 Å². The lowest BCUT2D eigenvalue weighted by molar-refractivity contribution is -0.259. The van der Waals surface area contributed by atoms with Gasteiger partial charge >= 0.3 is 11.9 Å². The van der Waals surface area contributed by atoms with E-state index in [0.717, 1.165) is 25.7 Å². The molecule has 0 N–H and O–H groups in total. The summed E-state index contributed by atoms with van der Waals surface area (Å²) in [6.07, 6.45) is 63.1. The molecule has 334 valence electrons. The summed E-state index contributed by atoms with van der Waals surface area (Å²) in [6, 6.07) is 0. The first-order valence-electron chi connectivity index (χ1n) is 26.1. The third kappa shape index (κ3) is 49.1. The third-order valence-electron chi connectivity index (χ3n) is 12.2. The van der Waals surface area contributed by atoms with Crippen LogP contribution < -0.4 is 0 Å². The van der Waals surface area contributed by atoms with Gasteiger partial charge in [-0.05, 0) is 12.8 Å². The number of carbonyl (C=O) groups is 2. The van der Waals surface area contributed by atoms with Crippen LogP contribution in [0.15, 0.2) is 0 Å². The van der Waals surface area contributed by atoms with Gasteiger partial charge in [0, 0.05) is 0 Å². The molecule has 0 aliphatic heterocycles. The van der Waals surface area contributed by atoms with Crippen LogP contribution in [-0.4, -0.2) is 11.9 Å². The SMILES string of the molecule is CCCCCCCCCCCCCCCCCCCCCCCCCC(=O)OOC(=O)CCCCCCCCCCCCCCCCCCCCCCCCC. The first kappa shape index (κ1) is 54.9. The van der Waals surface area contributed by atoms with Gasteiger partial charge < -0.3 is 0 Å². The van der Waals surface area contributed by atoms with Crippen molar-refractivity contribution in [2.45, 2.75) is 322 Å². The van der Waals surface area contributed by atoms with E-state index in [4.69, 9.17) is 9.78 Å². The standard InChI is InChI=1S/C52H102O4/c1-3-5-7-9-11-13-15-17-19-21-23-25-27-29-31-33-35-37-39-41-43-45-47-49-51(53)55-56-52(54)50-48-46-44-42-40-38-36-34-32-30-28-26-24-22-20-18-16-14-12-10-8-6-4-2/h3-50H2,1-2H3. The molecule has 0 aromatic carbocycles. The molecule has 4 heteroatoms. The van der Waals surface area contributed by atoms with E-state index in [1.807, 2.05) is 0 Å². The van der Waals surface area contributed by atoms with Gasteiger partial charge in [-0.15, -0.1) is 0 Å². The van der Waals surface area contributed by atoms with Crippen LogP contribution in [0.3, 0.4) is 0 Å². The van der Waals surface area contributed by atoms with Gasteiger partial charge in [0.25, 0.3) is 0 Å². The van der Waals surface area contributed by atoms with Gasteiger partial charge in [-0.25, -0.2) is 19.4 Å². The molecular formula is C52H102O4. The van der Waals surface area contributed by atoms with Gasteiger partial charge in [-0.3, -0.25) is 0 Å². The Bertz CT molecular complexity index is 689. The minimum atomic E-state index is -0.411. The summed E-state index contributed by atoms with van der Waals surface area (Å²) in [4.78, 5) is 33.4. The topological polar surface area (TPSA) is 52.6 Å². The minimum absolute atomic E-state index is 0.339. The van der Waals surface area contributed by atoms with Crippen LogP contribution in [0.25, 0.3) is 0 Å². The summed E-state index contributed by atoms with van der Waals surface area (Å²) in [5.41, 5.74) is 0. The smallest absolute Gasteiger partial charge is 0.247 e. The molecule has 0 heterocycles. The second-order valence-electron chi connectivity index (χ2n) is 18.0. The molecule has 0 unspecified atom stereocenters. The summed E-state index contributed by atoms with van der Waals surface area (Å²) < 4.78 is 0.